The molecule has 0 bridgehead atoms. The number of pyridine rings is 1. The van der Waals surface area contributed by atoms with Crippen LogP contribution in [0.3, 0.4) is 0 Å². The van der Waals surface area contributed by atoms with Gasteiger partial charge in [0.05, 0.1) is 22.4 Å². The van der Waals surface area contributed by atoms with E-state index in [1.54, 1.807) is 6.07 Å². The van der Waals surface area contributed by atoms with Crippen LogP contribution in [0.1, 0.15) is 127 Å². The molecular formula is C74H72FGeIrN3O-2. The summed E-state index contributed by atoms with van der Waals surface area (Å²) >= 11 is -1.83. The molecule has 0 aliphatic carbocycles. The molecule has 3 aromatic heterocycles. The minimum atomic E-state index is -1.83. The monoisotopic (exact) mass is 1300 g/mol. The van der Waals surface area contributed by atoms with E-state index in [1.165, 1.54) is 93.8 Å². The maximum Gasteiger partial charge on any atom is 0 e. The molecular weight excluding hydrogens is 1230 g/mol. The summed E-state index contributed by atoms with van der Waals surface area (Å²) in [4.78, 5) is 9.75. The van der Waals surface area contributed by atoms with Crippen LogP contribution in [-0.2, 0) is 20.1 Å². The average Bonchev–Trinajstić information content (AvgIpc) is 3.21. The Morgan fingerprint density at radius 1 is 0.543 bits per heavy atom. The quantitative estimate of drug-likeness (QED) is 0.0736. The predicted octanol–water partition coefficient (Wildman–Crippen LogP) is 20.9. The number of fused-ring (bicyclic) bond motifs is 7. The molecule has 3 heterocycles. The van der Waals surface area contributed by atoms with E-state index in [9.17, 15) is 4.39 Å². The number of para-hydroxylation sites is 2. The van der Waals surface area contributed by atoms with E-state index in [0.29, 0.717) is 17.8 Å². The van der Waals surface area contributed by atoms with E-state index in [0.717, 1.165) is 55.6 Å². The Kier molecular flexibility index (Phi) is 16.4. The molecule has 0 fully saturated rings. The second-order valence-electron chi connectivity index (χ2n) is 24.3. The number of nitrogens with zero attached hydrogens (tertiary/aromatic N) is 3. The van der Waals surface area contributed by atoms with Gasteiger partial charge in [-0.1, -0.05) is 165 Å². The van der Waals surface area contributed by atoms with Crippen LogP contribution in [0, 0.1) is 17.9 Å². The number of rotatable bonds is 11. The van der Waals surface area contributed by atoms with Crippen LogP contribution in [0.2, 0.25) is 17.3 Å². The first-order valence-electron chi connectivity index (χ1n) is 28.6. The van der Waals surface area contributed by atoms with Crippen molar-refractivity contribution in [3.05, 3.63) is 216 Å². The Morgan fingerprint density at radius 3 is 1.83 bits per heavy atom. The van der Waals surface area contributed by atoms with Gasteiger partial charge in [-0.2, -0.15) is 0 Å². The van der Waals surface area contributed by atoms with Crippen LogP contribution in [0.5, 0.6) is 0 Å². The Balaban J connectivity index is 0.000000350. The minimum Gasteiger partial charge on any atom is 0 e. The molecule has 9 aromatic carbocycles. The van der Waals surface area contributed by atoms with E-state index in [-0.39, 0.29) is 37.8 Å². The number of hydrogen-bond acceptors (Lipinski definition) is 3. The second kappa shape index (κ2) is 23.1. The zero-order valence-corrected chi connectivity index (χ0v) is 53.5. The Labute approximate surface area is 494 Å². The fourth-order valence-electron chi connectivity index (χ4n) is 11.5. The largest absolute Gasteiger partial charge is 0 e. The molecule has 4 nitrogen and oxygen atoms in total. The summed E-state index contributed by atoms with van der Waals surface area (Å²) in [5.74, 6) is 9.40. The third-order valence-electron chi connectivity index (χ3n) is 16.0. The van der Waals surface area contributed by atoms with E-state index >= 15 is 0 Å². The molecule has 0 spiro atoms. The van der Waals surface area contributed by atoms with Crippen LogP contribution in [0.15, 0.2) is 174 Å². The van der Waals surface area contributed by atoms with E-state index in [1.807, 2.05) is 12.3 Å². The standard InChI is InChI=1S/C60H57N2O.C14H15FGeN.Ir/c1-34(2)43-29-48(35(3)4)57(49(30-43)36(5)6)41-25-22-39(23-26-41)44-31-50(37(7)8)58(51(32-44)38(9)10)62-55-21-14-13-20-54(55)61-60(62)47-19-15-18-46-53-28-42-27-24-40-16-11-12-17-45(40)52(42)33-56(53)63-59(46)47;1-16(2,3)13-8-9-17-14(10-13)11-4-6-12(15)7-5-11;/h11-18,20-38H,1-10H3;4,6-10H,1-3H3;/q2*-1;. The van der Waals surface area contributed by atoms with E-state index in [2.05, 4.69) is 248 Å². The van der Waals surface area contributed by atoms with Crippen molar-refractivity contribution in [1.29, 1.82) is 0 Å². The topological polar surface area (TPSA) is 43.9 Å². The fourth-order valence-corrected chi connectivity index (χ4v) is 13.9. The number of benzene rings is 9. The van der Waals surface area contributed by atoms with Gasteiger partial charge in [-0.25, -0.2) is 0 Å². The molecule has 12 aromatic rings. The maximum absolute atomic E-state index is 12.8. The average molecular weight is 1300 g/mol. The molecule has 1 radical (unpaired) electrons. The van der Waals surface area contributed by atoms with Crippen molar-refractivity contribution in [1.82, 2.24) is 14.5 Å². The summed E-state index contributed by atoms with van der Waals surface area (Å²) < 4.78 is 23.6. The van der Waals surface area contributed by atoms with Crippen LogP contribution < -0.4 is 4.40 Å². The Bertz CT molecular complexity index is 4210. The summed E-state index contributed by atoms with van der Waals surface area (Å²) in [5, 5.41) is 7.00. The molecule has 0 saturated heterocycles. The van der Waals surface area contributed by atoms with Crippen molar-refractivity contribution in [3.8, 4) is 50.6 Å². The summed E-state index contributed by atoms with van der Waals surface area (Å²) in [6, 6.07) is 64.6. The zero-order chi connectivity index (χ0) is 56.3. The van der Waals surface area contributed by atoms with E-state index < -0.39 is 13.3 Å². The van der Waals surface area contributed by atoms with Crippen molar-refractivity contribution < 1.29 is 28.9 Å². The van der Waals surface area contributed by atoms with Crippen LogP contribution >= 0.6 is 0 Å². The van der Waals surface area contributed by atoms with Crippen molar-refractivity contribution in [3.63, 3.8) is 0 Å². The van der Waals surface area contributed by atoms with Gasteiger partial charge in [0.1, 0.15) is 5.58 Å². The molecule has 0 atom stereocenters. The summed E-state index contributed by atoms with van der Waals surface area (Å²) in [6.07, 6.45) is 1.83. The van der Waals surface area contributed by atoms with Gasteiger partial charge in [0.25, 0.3) is 0 Å². The molecule has 0 N–H and O–H groups in total. The van der Waals surface area contributed by atoms with Crippen molar-refractivity contribution >= 4 is 72.2 Å². The molecule has 0 aliphatic rings. The van der Waals surface area contributed by atoms with Crippen molar-refractivity contribution in [2.45, 2.75) is 116 Å². The number of halogens is 1. The maximum atomic E-state index is 12.8. The second-order valence-corrected chi connectivity index (χ2v) is 35.0. The Morgan fingerprint density at radius 2 is 1.19 bits per heavy atom. The first-order chi connectivity index (χ1) is 38.3. The van der Waals surface area contributed by atoms with Gasteiger partial charge in [-0.15, -0.1) is 18.2 Å². The first-order valence-corrected chi connectivity index (χ1v) is 36.0. The zero-order valence-electron chi connectivity index (χ0n) is 49.0. The van der Waals surface area contributed by atoms with Crippen molar-refractivity contribution in [2.75, 3.05) is 0 Å². The van der Waals surface area contributed by atoms with Gasteiger partial charge in [-0.3, -0.25) is 4.98 Å². The van der Waals surface area contributed by atoms with Crippen LogP contribution in [0.4, 0.5) is 4.39 Å². The van der Waals surface area contributed by atoms with Gasteiger partial charge in [0.2, 0.25) is 0 Å². The smallest absolute Gasteiger partial charge is 0 e. The van der Waals surface area contributed by atoms with Gasteiger partial charge in [0, 0.05) is 31.2 Å². The molecule has 7 heteroatoms. The van der Waals surface area contributed by atoms with Crippen molar-refractivity contribution in [2.24, 2.45) is 0 Å². The minimum absolute atomic E-state index is 0. The summed E-state index contributed by atoms with van der Waals surface area (Å²) in [7, 11) is 0. The van der Waals surface area contributed by atoms with Crippen LogP contribution in [0.25, 0.3) is 105 Å². The first kappa shape index (κ1) is 57.3. The Hall–Kier alpha value is -6.96. The van der Waals surface area contributed by atoms with Gasteiger partial charge < -0.3 is 8.98 Å². The van der Waals surface area contributed by atoms with E-state index in [4.69, 9.17) is 9.40 Å². The third kappa shape index (κ3) is 11.1. The fraction of sp³-hybridized carbons (Fsp3) is 0.243. The molecule has 0 amide bonds. The van der Waals surface area contributed by atoms with Crippen LogP contribution in [-0.4, -0.2) is 27.8 Å². The number of imidazole rings is 1. The number of hydrogen-bond donors (Lipinski definition) is 0. The van der Waals surface area contributed by atoms with Gasteiger partial charge >= 0.3 is 104 Å². The normalized spacial score (nSPS) is 12.0. The molecule has 12 rings (SSSR count). The number of aromatic nitrogens is 3. The predicted molar refractivity (Wildman–Crippen MR) is 340 cm³/mol. The third-order valence-corrected chi connectivity index (χ3v) is 20.3. The number of furan rings is 1. The van der Waals surface area contributed by atoms with Gasteiger partial charge in [-0.05, 0) is 138 Å². The van der Waals surface area contributed by atoms with Gasteiger partial charge in [0.15, 0.2) is 0 Å². The molecule has 81 heavy (non-hydrogen) atoms. The molecule has 411 valence electrons. The SMILES string of the molecule is CC(C)c1cc(C(C)C)c(-c2ccc(-c3cc(C(C)C)c(-n4c(-c5[c-]ccc6c5oc5cc7c(ccc8ccccc87)cc56)nc5ccccc54)c(C(C)C)c3)cc2)c(C(C)C)c1.[CH3][Ge]([CH3])([CH3])[c]1ccnc(-c2[c-]cc(F)cc2)c1.[Ir]. The summed E-state index contributed by atoms with van der Waals surface area (Å²) in [6.45, 7) is 23.2. The summed E-state index contributed by atoms with van der Waals surface area (Å²) in [5.41, 5.74) is 19.5. The molecule has 0 saturated carbocycles. The molecule has 0 aliphatic heterocycles. The molecule has 0 unspecified atom stereocenters.